The number of rotatable bonds is 3. The van der Waals surface area contributed by atoms with Gasteiger partial charge in [-0.1, -0.05) is 127 Å². The van der Waals surface area contributed by atoms with E-state index in [1.807, 2.05) is 0 Å². The highest BCUT2D eigenvalue weighted by Gasteiger charge is 2.22. The Labute approximate surface area is 259 Å². The quantitative estimate of drug-likeness (QED) is 0.152. The lowest BCUT2D eigenvalue weighted by molar-refractivity contribution is 0.669. The Morgan fingerprint density at radius 1 is 0.311 bits per heavy atom. The summed E-state index contributed by atoms with van der Waals surface area (Å²) in [5, 5.41) is 12.4. The summed E-state index contributed by atoms with van der Waals surface area (Å²) in [5.74, 6) is 0. The summed E-state index contributed by atoms with van der Waals surface area (Å²) in [7, 11) is 0. The molecular weight excluding hydrogens is 544 g/mol. The molecule has 10 rings (SSSR count). The molecule has 0 atom stereocenters. The van der Waals surface area contributed by atoms with E-state index in [0.717, 1.165) is 11.2 Å². The standard InChI is InChI=1S/C44H26O/c1-2-12-28(13-3-1)41-31-15-6-8-17-33(31)42(34-18-9-7-16-32(34)41)36-23-24-40-44-38(36)26-37(35-19-10-20-39(45-40)43(35)44)30-22-21-27-11-4-5-14-29(27)25-30/h1-26H. The SMILES string of the molecule is c1ccc(-c2c3ccccc3c(-c3ccc4oc5cccc6c(-c7ccc8ccccc8c7)cc3c4c56)c3ccccc23)cc1. The van der Waals surface area contributed by atoms with E-state index < -0.39 is 0 Å². The summed E-state index contributed by atoms with van der Waals surface area (Å²) in [6, 6.07) is 57.3. The topological polar surface area (TPSA) is 13.1 Å². The van der Waals surface area contributed by atoms with Gasteiger partial charge in [-0.05, 0) is 107 Å². The van der Waals surface area contributed by atoms with Crippen molar-refractivity contribution in [2.75, 3.05) is 0 Å². The molecule has 10 aromatic rings. The van der Waals surface area contributed by atoms with Crippen molar-refractivity contribution in [3.8, 4) is 33.4 Å². The summed E-state index contributed by atoms with van der Waals surface area (Å²) in [6.45, 7) is 0. The van der Waals surface area contributed by atoms with Crippen molar-refractivity contribution in [3.63, 3.8) is 0 Å². The van der Waals surface area contributed by atoms with E-state index in [4.69, 9.17) is 4.42 Å². The van der Waals surface area contributed by atoms with Crippen LogP contribution < -0.4 is 0 Å². The molecule has 1 aromatic heterocycles. The first-order chi connectivity index (χ1) is 22.3. The molecule has 0 N–H and O–H groups in total. The molecule has 208 valence electrons. The van der Waals surface area contributed by atoms with Crippen LogP contribution in [0.2, 0.25) is 0 Å². The molecule has 0 spiro atoms. The largest absolute Gasteiger partial charge is 0.456 e. The normalized spacial score (nSPS) is 12.0. The molecule has 9 aromatic carbocycles. The van der Waals surface area contributed by atoms with E-state index in [1.165, 1.54) is 87.2 Å². The second-order valence-electron chi connectivity index (χ2n) is 12.0. The summed E-state index contributed by atoms with van der Waals surface area (Å²) < 4.78 is 6.52. The molecule has 1 heterocycles. The third-order valence-corrected chi connectivity index (χ3v) is 9.61. The van der Waals surface area contributed by atoms with Gasteiger partial charge in [-0.3, -0.25) is 0 Å². The fourth-order valence-corrected chi connectivity index (χ4v) is 7.68. The van der Waals surface area contributed by atoms with Crippen LogP contribution in [0.1, 0.15) is 0 Å². The molecule has 0 aliphatic heterocycles. The van der Waals surface area contributed by atoms with Crippen molar-refractivity contribution < 1.29 is 4.42 Å². The van der Waals surface area contributed by atoms with Crippen LogP contribution in [0.3, 0.4) is 0 Å². The Hall–Kier alpha value is -5.92. The van der Waals surface area contributed by atoms with E-state index in [2.05, 4.69) is 158 Å². The minimum atomic E-state index is 0.930. The number of hydrogen-bond acceptors (Lipinski definition) is 1. The van der Waals surface area contributed by atoms with Gasteiger partial charge in [0.05, 0.1) is 0 Å². The maximum atomic E-state index is 6.52. The van der Waals surface area contributed by atoms with Gasteiger partial charge in [0.15, 0.2) is 0 Å². The molecule has 0 aliphatic carbocycles. The molecule has 0 bridgehead atoms. The zero-order valence-electron chi connectivity index (χ0n) is 24.4. The molecule has 0 amide bonds. The molecule has 0 aliphatic rings. The zero-order valence-corrected chi connectivity index (χ0v) is 24.4. The average Bonchev–Trinajstić information content (AvgIpc) is 3.49. The molecule has 0 fully saturated rings. The van der Waals surface area contributed by atoms with Crippen LogP contribution >= 0.6 is 0 Å². The lowest BCUT2D eigenvalue weighted by Crippen LogP contribution is -1.92. The minimum absolute atomic E-state index is 0.930. The first kappa shape index (κ1) is 24.5. The van der Waals surface area contributed by atoms with Crippen LogP contribution in [0.15, 0.2) is 162 Å². The number of benzene rings is 9. The Morgan fingerprint density at radius 3 is 1.67 bits per heavy atom. The predicted molar refractivity (Wildman–Crippen MR) is 191 cm³/mol. The van der Waals surface area contributed by atoms with Gasteiger partial charge in [-0.2, -0.15) is 0 Å². The smallest absolute Gasteiger partial charge is 0.136 e. The van der Waals surface area contributed by atoms with Gasteiger partial charge in [0, 0.05) is 10.8 Å². The summed E-state index contributed by atoms with van der Waals surface area (Å²) in [4.78, 5) is 0. The summed E-state index contributed by atoms with van der Waals surface area (Å²) >= 11 is 0. The maximum Gasteiger partial charge on any atom is 0.136 e. The van der Waals surface area contributed by atoms with Crippen LogP contribution in [0.4, 0.5) is 0 Å². The minimum Gasteiger partial charge on any atom is -0.456 e. The van der Waals surface area contributed by atoms with Gasteiger partial charge >= 0.3 is 0 Å². The highest BCUT2D eigenvalue weighted by Crippen LogP contribution is 2.49. The molecule has 0 unspecified atom stereocenters. The Kier molecular flexibility index (Phi) is 5.06. The fraction of sp³-hybridized carbons (Fsp3) is 0. The van der Waals surface area contributed by atoms with Crippen LogP contribution in [0, 0.1) is 0 Å². The number of furan rings is 1. The third-order valence-electron chi connectivity index (χ3n) is 9.61. The molecule has 45 heavy (non-hydrogen) atoms. The van der Waals surface area contributed by atoms with Gasteiger partial charge in [-0.15, -0.1) is 0 Å². The van der Waals surface area contributed by atoms with E-state index >= 15 is 0 Å². The van der Waals surface area contributed by atoms with Gasteiger partial charge in [0.25, 0.3) is 0 Å². The first-order valence-corrected chi connectivity index (χ1v) is 15.5. The first-order valence-electron chi connectivity index (χ1n) is 15.5. The lowest BCUT2D eigenvalue weighted by atomic mass is 9.83. The molecule has 0 saturated heterocycles. The molecule has 1 nitrogen and oxygen atoms in total. The van der Waals surface area contributed by atoms with Crippen LogP contribution in [0.5, 0.6) is 0 Å². The van der Waals surface area contributed by atoms with Crippen molar-refractivity contribution in [2.45, 2.75) is 0 Å². The third kappa shape index (κ3) is 3.50. The van der Waals surface area contributed by atoms with Crippen molar-refractivity contribution in [1.82, 2.24) is 0 Å². The van der Waals surface area contributed by atoms with Crippen molar-refractivity contribution in [2.24, 2.45) is 0 Å². The molecule has 0 saturated carbocycles. The van der Waals surface area contributed by atoms with Gasteiger partial charge < -0.3 is 4.42 Å². The highest BCUT2D eigenvalue weighted by atomic mass is 16.3. The summed E-state index contributed by atoms with van der Waals surface area (Å²) in [6.07, 6.45) is 0. The van der Waals surface area contributed by atoms with Crippen molar-refractivity contribution >= 4 is 65.0 Å². The highest BCUT2D eigenvalue weighted by molar-refractivity contribution is 6.30. The number of hydrogen-bond donors (Lipinski definition) is 0. The Morgan fingerprint density at radius 2 is 0.911 bits per heavy atom. The van der Waals surface area contributed by atoms with Gasteiger partial charge in [0.1, 0.15) is 11.2 Å². The lowest BCUT2D eigenvalue weighted by Gasteiger charge is -2.19. The maximum absolute atomic E-state index is 6.52. The van der Waals surface area contributed by atoms with E-state index in [-0.39, 0.29) is 0 Å². The van der Waals surface area contributed by atoms with Crippen LogP contribution in [-0.4, -0.2) is 0 Å². The average molecular weight is 571 g/mol. The molecule has 0 radical (unpaired) electrons. The second kappa shape index (κ2) is 9.29. The Bertz CT molecular complexity index is 2690. The molecule has 1 heteroatoms. The van der Waals surface area contributed by atoms with E-state index in [9.17, 15) is 0 Å². The Balaban J connectivity index is 1.37. The fourth-order valence-electron chi connectivity index (χ4n) is 7.68. The van der Waals surface area contributed by atoms with Crippen LogP contribution in [0.25, 0.3) is 98.4 Å². The van der Waals surface area contributed by atoms with Crippen LogP contribution in [-0.2, 0) is 0 Å². The van der Waals surface area contributed by atoms with Crippen molar-refractivity contribution in [3.05, 3.63) is 158 Å². The van der Waals surface area contributed by atoms with Gasteiger partial charge in [0.2, 0.25) is 0 Å². The van der Waals surface area contributed by atoms with E-state index in [1.54, 1.807) is 0 Å². The summed E-state index contributed by atoms with van der Waals surface area (Å²) in [5.41, 5.74) is 9.31. The van der Waals surface area contributed by atoms with Gasteiger partial charge in [-0.25, -0.2) is 0 Å². The molecular formula is C44H26O. The van der Waals surface area contributed by atoms with E-state index in [0.29, 0.717) is 0 Å². The number of fused-ring (bicyclic) bond motifs is 3. The monoisotopic (exact) mass is 570 g/mol. The predicted octanol–water partition coefficient (Wildman–Crippen LogP) is 12.6. The second-order valence-corrected chi connectivity index (χ2v) is 12.0. The van der Waals surface area contributed by atoms with Crippen molar-refractivity contribution in [1.29, 1.82) is 0 Å². The zero-order chi connectivity index (χ0) is 29.5.